The average molecular weight is 1020 g/mol. The molecule has 8 N–H and O–H groups in total. The topological polar surface area (TPSA) is 284 Å². The molecule has 0 bridgehead atoms. The summed E-state index contributed by atoms with van der Waals surface area (Å²) in [6, 6.07) is 10.3. The van der Waals surface area contributed by atoms with E-state index in [2.05, 4.69) is 36.4 Å². The van der Waals surface area contributed by atoms with Gasteiger partial charge in [-0.05, 0) is 91.5 Å². The molecular weight excluding hydrogens is 971 g/mol. The van der Waals surface area contributed by atoms with Crippen molar-refractivity contribution in [1.29, 1.82) is 0 Å². The normalized spacial score (nSPS) is 32.2. The second kappa shape index (κ2) is 19.1. The fourth-order valence-electron chi connectivity index (χ4n) is 11.1. The summed E-state index contributed by atoms with van der Waals surface area (Å²) in [5, 5.41) is 38.6. The van der Waals surface area contributed by atoms with Crippen LogP contribution in [0.15, 0.2) is 66.3 Å². The van der Waals surface area contributed by atoms with Crippen molar-refractivity contribution in [1.82, 2.24) is 10.6 Å². The number of ketones is 2. The Morgan fingerprint density at radius 2 is 1.72 bits per heavy atom. The number of hydrogen-bond acceptors (Lipinski definition) is 12. The standard InChI is InChI=1S/C45H51BrF2N3O15P/c1-42-10-9-28(53)15-31(42)32(47)16-30-29-17-36-45(35(55)22-64-67(61,62)63,43(29,2)18-34(54)44(30,42)48)66-41(65-36)26-5-3-23(4-6-26)11-24-12-25(21-52)14-27(13-24)50-40(60)33(7-8-39(58)59)51-38(57)20-49-37(56)19-46/h3-6,9-10,12-15,29-30,32-34,36,41,52,54H,7-8,11,16-22H2,1-2H3,(H,49,56)(H,50,60)(H,51,57)(H,58,59)(H2,61,62,63)/t29-,30-,32-,33-,34-,36+,41+,42-,43-,44-,45+/m0/s1. The van der Waals surface area contributed by atoms with Crippen LogP contribution in [-0.2, 0) is 60.4 Å². The second-order valence-electron chi connectivity index (χ2n) is 18.2. The maximum atomic E-state index is 17.9. The number of alkyl halides is 3. The number of benzene rings is 2. The molecule has 2 aromatic carbocycles. The first kappa shape index (κ1) is 50.3. The van der Waals surface area contributed by atoms with Crippen LogP contribution < -0.4 is 16.0 Å². The molecule has 1 aliphatic heterocycles. The van der Waals surface area contributed by atoms with Gasteiger partial charge in [-0.1, -0.05) is 59.3 Å². The predicted molar refractivity (Wildman–Crippen MR) is 234 cm³/mol. The zero-order valence-electron chi connectivity index (χ0n) is 36.3. The number of phosphoric ester groups is 1. The molecule has 67 heavy (non-hydrogen) atoms. The Hall–Kier alpha value is -4.57. The van der Waals surface area contributed by atoms with Gasteiger partial charge in [0.25, 0.3) is 0 Å². The number of phosphoric acid groups is 1. The number of carboxylic acids is 1. The highest BCUT2D eigenvalue weighted by molar-refractivity contribution is 9.09. The maximum Gasteiger partial charge on any atom is 0.470 e. The number of ether oxygens (including phenoxy) is 2. The minimum absolute atomic E-state index is 0.0529. The van der Waals surface area contributed by atoms with Crippen molar-refractivity contribution in [3.8, 4) is 0 Å². The number of Topliss-reactive ketones (excluding diaryl/α,β-unsaturated/α-hetero) is 1. The van der Waals surface area contributed by atoms with Crippen molar-refractivity contribution in [3.63, 3.8) is 0 Å². The number of amides is 3. The van der Waals surface area contributed by atoms with Gasteiger partial charge in [0, 0.05) is 34.4 Å². The van der Waals surface area contributed by atoms with E-state index in [1.807, 2.05) is 0 Å². The summed E-state index contributed by atoms with van der Waals surface area (Å²) in [5.74, 6) is -6.64. The van der Waals surface area contributed by atoms with E-state index in [4.69, 9.17) is 9.47 Å². The summed E-state index contributed by atoms with van der Waals surface area (Å²) in [4.78, 5) is 94.5. The molecule has 3 saturated carbocycles. The summed E-state index contributed by atoms with van der Waals surface area (Å²) in [6.45, 7) is 1.06. The monoisotopic (exact) mass is 1020 g/mol. The lowest BCUT2D eigenvalue weighted by Crippen LogP contribution is -2.70. The number of nitrogens with one attached hydrogen (secondary N) is 3. The number of hydrogen-bond donors (Lipinski definition) is 8. The molecule has 0 unspecified atom stereocenters. The molecule has 0 aromatic heterocycles. The van der Waals surface area contributed by atoms with Crippen molar-refractivity contribution in [2.75, 3.05) is 23.8 Å². The van der Waals surface area contributed by atoms with Crippen LogP contribution >= 0.6 is 23.8 Å². The number of rotatable bonds is 17. The molecule has 5 aliphatic rings. The highest BCUT2D eigenvalue weighted by Gasteiger charge is 2.80. The van der Waals surface area contributed by atoms with Crippen molar-refractivity contribution < 1.29 is 81.2 Å². The van der Waals surface area contributed by atoms with Gasteiger partial charge in [0.1, 0.15) is 18.8 Å². The van der Waals surface area contributed by atoms with Crippen molar-refractivity contribution >= 4 is 64.7 Å². The number of carbonyl (C=O) groups excluding carboxylic acids is 5. The molecule has 362 valence electrons. The third kappa shape index (κ3) is 9.46. The first-order chi connectivity index (χ1) is 31.5. The number of allylic oxidation sites excluding steroid dienone is 4. The molecule has 0 spiro atoms. The average Bonchev–Trinajstić information content (AvgIpc) is 3.77. The van der Waals surface area contributed by atoms with Gasteiger partial charge in [-0.25, -0.2) is 13.3 Å². The largest absolute Gasteiger partial charge is 0.481 e. The Morgan fingerprint density at radius 1 is 1.01 bits per heavy atom. The van der Waals surface area contributed by atoms with Crippen molar-refractivity contribution in [2.45, 2.75) is 101 Å². The highest BCUT2D eigenvalue weighted by Crippen LogP contribution is 2.72. The molecule has 1 saturated heterocycles. The number of fused-ring (bicyclic) bond motifs is 7. The lowest BCUT2D eigenvalue weighted by Gasteiger charge is -2.63. The molecule has 3 amide bonds. The van der Waals surface area contributed by atoms with Gasteiger partial charge in [0.15, 0.2) is 29.1 Å². The first-order valence-corrected chi connectivity index (χ1v) is 24.1. The number of aliphatic carboxylic acids is 1. The molecule has 22 heteroatoms. The van der Waals surface area contributed by atoms with Crippen LogP contribution in [-0.4, -0.2) is 115 Å². The van der Waals surface area contributed by atoms with Crippen LogP contribution in [0, 0.1) is 22.7 Å². The minimum atomic E-state index is -5.19. The third-order valence-electron chi connectivity index (χ3n) is 14.2. The van der Waals surface area contributed by atoms with Gasteiger partial charge in [-0.15, -0.1) is 0 Å². The Kier molecular flexibility index (Phi) is 14.3. The minimum Gasteiger partial charge on any atom is -0.481 e. The SMILES string of the molecule is C[C@]12C=CC(=O)C=C1[C@@H](F)C[C@H]1[C@@H]3C[C@H]4O[C@@H](c5ccc(Cc6cc(CO)cc(NC(=O)[C@H](CCC(=O)O)NC(=O)CNC(=O)CBr)c6)cc5)O[C@@]4(C(=O)COP(=O)(O)O)[C@@]3(C)C[C@H](O)[C@@]12F. The molecule has 11 atom stereocenters. The molecule has 1 heterocycles. The Labute approximate surface area is 391 Å². The third-order valence-corrected chi connectivity index (χ3v) is 15.2. The second-order valence-corrected chi connectivity index (χ2v) is 20.0. The molecular formula is C45H51BrF2N3O15P. The Morgan fingerprint density at radius 3 is 2.37 bits per heavy atom. The first-order valence-electron chi connectivity index (χ1n) is 21.5. The predicted octanol–water partition coefficient (Wildman–Crippen LogP) is 3.33. The molecule has 4 fully saturated rings. The van der Waals surface area contributed by atoms with E-state index in [0.29, 0.717) is 22.3 Å². The van der Waals surface area contributed by atoms with Gasteiger partial charge in [-0.2, -0.15) is 0 Å². The number of carboxylic acid groups (broad SMARTS) is 1. The van der Waals surface area contributed by atoms with Gasteiger partial charge < -0.3 is 50.5 Å². The van der Waals surface area contributed by atoms with Crippen molar-refractivity contribution in [2.24, 2.45) is 22.7 Å². The van der Waals surface area contributed by atoms with Crippen LogP contribution in [0.2, 0.25) is 0 Å². The van der Waals surface area contributed by atoms with Gasteiger partial charge in [-0.3, -0.25) is 33.3 Å². The lowest BCUT2D eigenvalue weighted by molar-refractivity contribution is -0.235. The van der Waals surface area contributed by atoms with Crippen molar-refractivity contribution in [3.05, 3.63) is 88.5 Å². The molecule has 2 aromatic rings. The van der Waals surface area contributed by atoms with E-state index in [0.717, 1.165) is 12.2 Å². The summed E-state index contributed by atoms with van der Waals surface area (Å²) in [7, 11) is -5.19. The zero-order chi connectivity index (χ0) is 48.9. The molecule has 4 aliphatic carbocycles. The number of aliphatic hydroxyl groups excluding tert-OH is 2. The van der Waals surface area contributed by atoms with Crippen LogP contribution in [0.5, 0.6) is 0 Å². The number of carbonyl (C=O) groups is 6. The number of anilines is 1. The van der Waals surface area contributed by atoms with Gasteiger partial charge in [0.05, 0.1) is 30.7 Å². The van der Waals surface area contributed by atoms with E-state index in [9.17, 15) is 58.4 Å². The quantitative estimate of drug-likeness (QED) is 0.0834. The van der Waals surface area contributed by atoms with Crippen LogP contribution in [0.25, 0.3) is 0 Å². The van der Waals surface area contributed by atoms with E-state index in [-0.39, 0.29) is 35.9 Å². The summed E-state index contributed by atoms with van der Waals surface area (Å²) < 4.78 is 63.5. The van der Waals surface area contributed by atoms with Crippen LogP contribution in [0.3, 0.4) is 0 Å². The fourth-order valence-corrected chi connectivity index (χ4v) is 11.6. The Balaban J connectivity index is 1.11. The zero-order valence-corrected chi connectivity index (χ0v) is 38.8. The highest BCUT2D eigenvalue weighted by atomic mass is 79.9. The van der Waals surface area contributed by atoms with E-state index < -0.39 is 147 Å². The number of aliphatic hydroxyl groups is 2. The summed E-state index contributed by atoms with van der Waals surface area (Å²) in [5.41, 5.74) is -5.40. The summed E-state index contributed by atoms with van der Waals surface area (Å²) in [6.07, 6.45) is -3.81. The van der Waals surface area contributed by atoms with E-state index >= 15 is 8.78 Å². The lowest BCUT2D eigenvalue weighted by atomic mass is 9.44. The fraction of sp³-hybridized carbons (Fsp3) is 0.511. The molecule has 18 nitrogen and oxygen atoms in total. The molecule has 0 radical (unpaired) electrons. The summed E-state index contributed by atoms with van der Waals surface area (Å²) >= 11 is 2.96. The molecule has 7 rings (SSSR count). The van der Waals surface area contributed by atoms with Crippen LogP contribution in [0.4, 0.5) is 14.5 Å². The van der Waals surface area contributed by atoms with Gasteiger partial charge >= 0.3 is 13.8 Å². The van der Waals surface area contributed by atoms with Gasteiger partial charge in [0.2, 0.25) is 17.7 Å². The van der Waals surface area contributed by atoms with E-state index in [1.165, 1.54) is 19.1 Å². The van der Waals surface area contributed by atoms with Crippen LogP contribution in [0.1, 0.15) is 74.5 Å². The Bertz CT molecular complexity index is 2450. The smallest absolute Gasteiger partial charge is 0.470 e. The van der Waals surface area contributed by atoms with E-state index in [1.54, 1.807) is 43.3 Å². The number of halogens is 3. The maximum absolute atomic E-state index is 17.9.